The van der Waals surface area contributed by atoms with Gasteiger partial charge < -0.3 is 9.80 Å². The summed E-state index contributed by atoms with van der Waals surface area (Å²) in [5, 5.41) is 0.289. The molecule has 0 atom stereocenters. The highest BCUT2D eigenvalue weighted by molar-refractivity contribution is 6.28. The van der Waals surface area contributed by atoms with Gasteiger partial charge in [-0.25, -0.2) is 9.97 Å². The number of nitrogens with zero attached hydrogens (tertiary/aromatic N) is 5. The summed E-state index contributed by atoms with van der Waals surface area (Å²) in [5.41, 5.74) is 2.66. The van der Waals surface area contributed by atoms with Crippen molar-refractivity contribution in [3.05, 3.63) is 59.0 Å². The first-order valence-electron chi connectivity index (χ1n) is 13.3. The molecule has 0 amide bonds. The maximum absolute atomic E-state index is 6.07. The smallest absolute Gasteiger partial charge is 0.224 e. The summed E-state index contributed by atoms with van der Waals surface area (Å²) in [6.45, 7) is 14.5. The zero-order valence-corrected chi connectivity index (χ0v) is 22.6. The summed E-state index contributed by atoms with van der Waals surface area (Å²) in [6.07, 6.45) is 13.2. The molecular formula is C29H42ClN5. The SMILES string of the molecule is CC(C)(C)CN(Cc1ccc(/C=C/CN2CCC(N3CCCCC3)CC2)cc1)c1ccnc(Cl)n1. The lowest BCUT2D eigenvalue weighted by Crippen LogP contribution is -2.46. The van der Waals surface area contributed by atoms with Crippen LogP contribution in [0.15, 0.2) is 42.6 Å². The quantitative estimate of drug-likeness (QED) is 0.410. The molecule has 0 aliphatic carbocycles. The molecule has 190 valence electrons. The summed E-state index contributed by atoms with van der Waals surface area (Å²) < 4.78 is 0. The fraction of sp³-hybridized carbons (Fsp3) is 0.586. The van der Waals surface area contributed by atoms with Crippen molar-refractivity contribution < 1.29 is 0 Å². The number of halogens is 1. The van der Waals surface area contributed by atoms with E-state index >= 15 is 0 Å². The maximum Gasteiger partial charge on any atom is 0.224 e. The zero-order valence-electron chi connectivity index (χ0n) is 21.8. The van der Waals surface area contributed by atoms with Crippen molar-refractivity contribution >= 4 is 23.5 Å². The minimum atomic E-state index is 0.141. The molecule has 0 saturated carbocycles. The van der Waals surface area contributed by atoms with Gasteiger partial charge in [-0.3, -0.25) is 4.90 Å². The van der Waals surface area contributed by atoms with Gasteiger partial charge in [0.2, 0.25) is 5.28 Å². The minimum Gasteiger partial charge on any atom is -0.352 e. The third-order valence-corrected chi connectivity index (χ3v) is 7.27. The minimum absolute atomic E-state index is 0.141. The van der Waals surface area contributed by atoms with Crippen LogP contribution in [0.25, 0.3) is 6.08 Å². The number of hydrogen-bond acceptors (Lipinski definition) is 5. The van der Waals surface area contributed by atoms with Crippen molar-refractivity contribution in [3.8, 4) is 0 Å². The summed E-state index contributed by atoms with van der Waals surface area (Å²) in [7, 11) is 0. The second-order valence-corrected chi connectivity index (χ2v) is 11.7. The van der Waals surface area contributed by atoms with Crippen molar-refractivity contribution in [1.82, 2.24) is 19.8 Å². The summed E-state index contributed by atoms with van der Waals surface area (Å²) >= 11 is 6.07. The van der Waals surface area contributed by atoms with Gasteiger partial charge in [-0.2, -0.15) is 0 Å². The molecule has 2 aliphatic rings. The number of benzene rings is 1. The lowest BCUT2D eigenvalue weighted by molar-refractivity contribution is 0.0975. The molecule has 2 fully saturated rings. The average molecular weight is 496 g/mol. The molecule has 2 aliphatic heterocycles. The monoisotopic (exact) mass is 495 g/mol. The predicted octanol–water partition coefficient (Wildman–Crippen LogP) is 6.15. The maximum atomic E-state index is 6.07. The Balaban J connectivity index is 1.28. The lowest BCUT2D eigenvalue weighted by Gasteiger charge is -2.40. The van der Waals surface area contributed by atoms with Crippen molar-refractivity contribution in [2.45, 2.75) is 65.5 Å². The normalized spacial score (nSPS) is 18.9. The molecule has 1 aromatic heterocycles. The van der Waals surface area contributed by atoms with Crippen LogP contribution in [0.1, 0.15) is 64.0 Å². The molecule has 0 N–H and O–H groups in total. The van der Waals surface area contributed by atoms with Crippen LogP contribution in [0, 0.1) is 5.41 Å². The Bertz CT molecular complexity index is 938. The molecule has 35 heavy (non-hydrogen) atoms. The van der Waals surface area contributed by atoms with Crippen molar-refractivity contribution in [1.29, 1.82) is 0 Å². The van der Waals surface area contributed by atoms with Crippen molar-refractivity contribution in [3.63, 3.8) is 0 Å². The second-order valence-electron chi connectivity index (χ2n) is 11.4. The first-order chi connectivity index (χ1) is 16.9. The summed E-state index contributed by atoms with van der Waals surface area (Å²) in [6, 6.07) is 11.6. The van der Waals surface area contributed by atoms with Crippen molar-refractivity contribution in [2.24, 2.45) is 5.41 Å². The number of hydrogen-bond donors (Lipinski definition) is 0. The number of anilines is 1. The number of aromatic nitrogens is 2. The van der Waals surface area contributed by atoms with Crippen LogP contribution in [-0.4, -0.2) is 65.1 Å². The van der Waals surface area contributed by atoms with Crippen LogP contribution in [-0.2, 0) is 6.54 Å². The number of rotatable bonds is 8. The van der Waals surface area contributed by atoms with Gasteiger partial charge in [0.25, 0.3) is 0 Å². The Morgan fingerprint density at radius 3 is 2.37 bits per heavy atom. The molecule has 0 spiro atoms. The van der Waals surface area contributed by atoms with E-state index in [1.165, 1.54) is 69.4 Å². The molecule has 2 saturated heterocycles. The Morgan fingerprint density at radius 1 is 1.00 bits per heavy atom. The van der Waals surface area contributed by atoms with Gasteiger partial charge in [-0.05, 0) is 86.1 Å². The van der Waals surface area contributed by atoms with Gasteiger partial charge in [0.05, 0.1) is 0 Å². The van der Waals surface area contributed by atoms with E-state index in [2.05, 4.69) is 81.9 Å². The fourth-order valence-corrected chi connectivity index (χ4v) is 5.48. The van der Waals surface area contributed by atoms with E-state index in [-0.39, 0.29) is 10.7 Å². The highest BCUT2D eigenvalue weighted by atomic mass is 35.5. The van der Waals surface area contributed by atoms with E-state index in [9.17, 15) is 0 Å². The molecule has 0 unspecified atom stereocenters. The summed E-state index contributed by atoms with van der Waals surface area (Å²) in [4.78, 5) is 16.1. The van der Waals surface area contributed by atoms with E-state index in [0.717, 1.165) is 31.5 Å². The standard InChI is InChI=1S/C29H42ClN5/c1-29(2,3)23-35(27-13-16-31-28(30)32-27)22-25-11-9-24(10-12-25)8-7-17-33-20-14-26(15-21-33)34-18-5-4-6-19-34/h7-13,16,26H,4-6,14-15,17-23H2,1-3H3/b8-7+. The zero-order chi connectivity index (χ0) is 24.7. The van der Waals surface area contributed by atoms with Gasteiger partial charge in [0.15, 0.2) is 0 Å². The van der Waals surface area contributed by atoms with E-state index in [4.69, 9.17) is 11.6 Å². The Hall–Kier alpha value is -1.95. The average Bonchev–Trinajstić information content (AvgIpc) is 2.85. The van der Waals surface area contributed by atoms with E-state index in [0.29, 0.717) is 0 Å². The molecule has 1 aromatic carbocycles. The second kappa shape index (κ2) is 12.3. The van der Waals surface area contributed by atoms with Crippen LogP contribution >= 0.6 is 11.6 Å². The topological polar surface area (TPSA) is 35.5 Å². The van der Waals surface area contributed by atoms with Crippen LogP contribution in [0.5, 0.6) is 0 Å². The van der Waals surface area contributed by atoms with Gasteiger partial charge >= 0.3 is 0 Å². The van der Waals surface area contributed by atoms with Gasteiger partial charge in [0.1, 0.15) is 5.82 Å². The molecule has 0 bridgehead atoms. The van der Waals surface area contributed by atoms with Crippen LogP contribution in [0.3, 0.4) is 0 Å². The van der Waals surface area contributed by atoms with Crippen LogP contribution in [0.4, 0.5) is 5.82 Å². The van der Waals surface area contributed by atoms with E-state index in [1.54, 1.807) is 6.20 Å². The largest absolute Gasteiger partial charge is 0.352 e. The van der Waals surface area contributed by atoms with Gasteiger partial charge in [-0.15, -0.1) is 0 Å². The van der Waals surface area contributed by atoms with E-state index < -0.39 is 0 Å². The van der Waals surface area contributed by atoms with Crippen LogP contribution < -0.4 is 4.90 Å². The Morgan fingerprint density at radius 2 is 1.71 bits per heavy atom. The number of likely N-dealkylation sites (tertiary alicyclic amines) is 2. The summed E-state index contributed by atoms with van der Waals surface area (Å²) in [5.74, 6) is 0.868. The fourth-order valence-electron chi connectivity index (χ4n) is 5.34. The molecule has 6 heteroatoms. The molecular weight excluding hydrogens is 454 g/mol. The Labute approximate surface area is 217 Å². The first-order valence-corrected chi connectivity index (χ1v) is 13.7. The van der Waals surface area contributed by atoms with E-state index in [1.807, 2.05) is 6.07 Å². The van der Waals surface area contributed by atoms with Crippen molar-refractivity contribution in [2.75, 3.05) is 44.2 Å². The highest BCUT2D eigenvalue weighted by Crippen LogP contribution is 2.24. The first kappa shape index (κ1) is 26.1. The third kappa shape index (κ3) is 8.30. The van der Waals surface area contributed by atoms with Gasteiger partial charge in [-0.1, -0.05) is 63.6 Å². The lowest BCUT2D eigenvalue weighted by atomic mass is 9.95. The molecule has 5 nitrogen and oxygen atoms in total. The number of piperidine rings is 2. The Kier molecular flexibility index (Phi) is 9.21. The molecule has 0 radical (unpaired) electrons. The van der Waals surface area contributed by atoms with Crippen LogP contribution in [0.2, 0.25) is 5.28 Å². The predicted molar refractivity (Wildman–Crippen MR) is 148 cm³/mol. The third-order valence-electron chi connectivity index (χ3n) is 7.09. The molecule has 4 rings (SSSR count). The molecule has 2 aromatic rings. The highest BCUT2D eigenvalue weighted by Gasteiger charge is 2.25. The van der Waals surface area contributed by atoms with Gasteiger partial charge in [0, 0.05) is 31.9 Å². The molecule has 3 heterocycles.